The van der Waals surface area contributed by atoms with Crippen LogP contribution in [0.5, 0.6) is 5.75 Å². The Bertz CT molecular complexity index is 1010. The lowest BCUT2D eigenvalue weighted by Gasteiger charge is -2.14. The van der Waals surface area contributed by atoms with E-state index in [2.05, 4.69) is 0 Å². The summed E-state index contributed by atoms with van der Waals surface area (Å²) < 4.78 is 51.9. The zero-order valence-electron chi connectivity index (χ0n) is 15.3. The summed E-state index contributed by atoms with van der Waals surface area (Å²) in [7, 11) is 0. The van der Waals surface area contributed by atoms with Gasteiger partial charge in [-0.15, -0.1) is 11.3 Å². The number of nitrogens with two attached hydrogens (primary N) is 1. The molecule has 1 atom stereocenters. The summed E-state index contributed by atoms with van der Waals surface area (Å²) in [6.45, 7) is 1.65. The number of halogens is 3. The van der Waals surface area contributed by atoms with Crippen LogP contribution in [0.4, 0.5) is 13.2 Å². The minimum atomic E-state index is -4.56. The highest BCUT2D eigenvalue weighted by molar-refractivity contribution is 7.19. The van der Waals surface area contributed by atoms with Crippen molar-refractivity contribution >= 4 is 27.3 Å². The molecule has 3 aromatic rings. The van der Waals surface area contributed by atoms with E-state index in [1.165, 1.54) is 30.3 Å². The average Bonchev–Trinajstić information content (AvgIpc) is 3.04. The topological polar surface area (TPSA) is 81.8 Å². The number of primary amides is 1. The Morgan fingerprint density at radius 3 is 2.48 bits per heavy atom. The molecular weight excluding hydrogens is 407 g/mol. The van der Waals surface area contributed by atoms with Crippen molar-refractivity contribution in [2.24, 2.45) is 5.73 Å². The summed E-state index contributed by atoms with van der Waals surface area (Å²) >= 11 is 1.03. The molecule has 0 bridgehead atoms. The van der Waals surface area contributed by atoms with Gasteiger partial charge in [-0.3, -0.25) is 4.79 Å². The van der Waals surface area contributed by atoms with Gasteiger partial charge in [-0.2, -0.15) is 13.2 Å². The van der Waals surface area contributed by atoms with Crippen molar-refractivity contribution in [3.05, 3.63) is 64.0 Å². The van der Waals surface area contributed by atoms with Crippen LogP contribution in [0.15, 0.2) is 42.5 Å². The molecule has 0 saturated heterocycles. The normalized spacial score (nSPS) is 12.9. The van der Waals surface area contributed by atoms with Crippen LogP contribution in [0, 0.1) is 0 Å². The molecule has 29 heavy (non-hydrogen) atoms. The first-order chi connectivity index (χ1) is 13.7. The van der Waals surface area contributed by atoms with Gasteiger partial charge in [0.15, 0.2) is 6.29 Å². The SMILES string of the molecule is CCOC(O)c1sc2cccc(C(F)(F)F)c2c1COc1ccc(C(N)=O)cc1. The number of ether oxygens (including phenoxy) is 2. The highest BCUT2D eigenvalue weighted by Crippen LogP contribution is 2.43. The van der Waals surface area contributed by atoms with Gasteiger partial charge in [0.1, 0.15) is 12.4 Å². The molecule has 3 rings (SSSR count). The molecule has 0 aliphatic rings. The van der Waals surface area contributed by atoms with Gasteiger partial charge >= 0.3 is 6.18 Å². The van der Waals surface area contributed by atoms with Crippen LogP contribution in [0.1, 0.15) is 39.6 Å². The van der Waals surface area contributed by atoms with Crippen LogP contribution in [0.3, 0.4) is 0 Å². The number of carbonyl (C=O) groups excluding carboxylic acids is 1. The molecule has 0 aliphatic heterocycles. The maximum Gasteiger partial charge on any atom is 0.417 e. The van der Waals surface area contributed by atoms with Crippen molar-refractivity contribution in [3.63, 3.8) is 0 Å². The number of benzene rings is 2. The van der Waals surface area contributed by atoms with E-state index in [0.717, 1.165) is 17.4 Å². The number of rotatable bonds is 7. The third-order valence-corrected chi connectivity index (χ3v) is 5.45. The summed E-state index contributed by atoms with van der Waals surface area (Å²) in [5.74, 6) is -0.256. The lowest BCUT2D eigenvalue weighted by atomic mass is 10.0. The number of aliphatic hydroxyl groups is 1. The number of hydrogen-bond donors (Lipinski definition) is 2. The predicted molar refractivity (Wildman–Crippen MR) is 103 cm³/mol. The van der Waals surface area contributed by atoms with Crippen molar-refractivity contribution in [1.29, 1.82) is 0 Å². The lowest BCUT2D eigenvalue weighted by molar-refractivity contribution is -0.136. The van der Waals surface area contributed by atoms with E-state index in [1.807, 2.05) is 0 Å². The molecule has 0 radical (unpaired) electrons. The first-order valence-corrected chi connectivity index (χ1v) is 9.47. The second-order valence-electron chi connectivity index (χ2n) is 6.11. The van der Waals surface area contributed by atoms with Crippen LogP contribution >= 0.6 is 11.3 Å². The standard InChI is InChI=1S/C20H18F3NO4S/c1-2-27-19(26)17-13(10-28-12-8-6-11(7-9-12)18(24)25)16-14(20(21,22)23)4-3-5-15(16)29-17/h3-9,19,26H,2,10H2,1H3,(H2,24,25). The molecule has 1 unspecified atom stereocenters. The molecule has 1 heterocycles. The van der Waals surface area contributed by atoms with Gasteiger partial charge in [-0.25, -0.2) is 0 Å². The number of amides is 1. The quantitative estimate of drug-likeness (QED) is 0.541. The van der Waals surface area contributed by atoms with Gasteiger partial charge in [-0.1, -0.05) is 6.07 Å². The van der Waals surface area contributed by atoms with Crippen LogP contribution < -0.4 is 10.5 Å². The number of carbonyl (C=O) groups is 1. The van der Waals surface area contributed by atoms with Crippen molar-refractivity contribution in [2.45, 2.75) is 26.0 Å². The zero-order valence-corrected chi connectivity index (χ0v) is 16.1. The van der Waals surface area contributed by atoms with E-state index in [9.17, 15) is 23.1 Å². The Labute approximate surface area is 168 Å². The first-order valence-electron chi connectivity index (χ1n) is 8.66. The molecule has 154 valence electrons. The van der Waals surface area contributed by atoms with Crippen LogP contribution in [0.25, 0.3) is 10.1 Å². The number of fused-ring (bicyclic) bond motifs is 1. The van der Waals surface area contributed by atoms with E-state index in [4.69, 9.17) is 15.2 Å². The number of thiophene rings is 1. The smallest absolute Gasteiger partial charge is 0.417 e. The second-order valence-corrected chi connectivity index (χ2v) is 7.19. The van der Waals surface area contributed by atoms with Gasteiger partial charge in [0.25, 0.3) is 0 Å². The Morgan fingerprint density at radius 1 is 1.21 bits per heavy atom. The van der Waals surface area contributed by atoms with Gasteiger partial charge in [0.05, 0.1) is 10.4 Å². The minimum absolute atomic E-state index is 0.0208. The van der Waals surface area contributed by atoms with Crippen LogP contribution in [-0.2, 0) is 17.5 Å². The Morgan fingerprint density at radius 2 is 1.90 bits per heavy atom. The number of alkyl halides is 3. The molecule has 2 aromatic carbocycles. The summed E-state index contributed by atoms with van der Waals surface area (Å²) in [5, 5.41) is 10.3. The molecule has 1 aromatic heterocycles. The van der Waals surface area contributed by atoms with Gasteiger partial charge in [0.2, 0.25) is 5.91 Å². The molecule has 3 N–H and O–H groups in total. The van der Waals surface area contributed by atoms with Crippen LogP contribution in [-0.4, -0.2) is 17.6 Å². The predicted octanol–water partition coefficient (Wildman–Crippen LogP) is 4.63. The fourth-order valence-corrected chi connectivity index (χ4v) is 4.09. The Balaban J connectivity index is 2.03. The molecule has 0 aliphatic carbocycles. The largest absolute Gasteiger partial charge is 0.489 e. The zero-order chi connectivity index (χ0) is 21.2. The molecule has 5 nitrogen and oxygen atoms in total. The third kappa shape index (κ3) is 4.52. The summed E-state index contributed by atoms with van der Waals surface area (Å²) in [4.78, 5) is 11.4. The first kappa shape index (κ1) is 21.1. The van der Waals surface area contributed by atoms with Crippen LogP contribution in [0.2, 0.25) is 0 Å². The third-order valence-electron chi connectivity index (χ3n) is 4.22. The lowest BCUT2D eigenvalue weighted by Crippen LogP contribution is -2.11. The molecule has 9 heteroatoms. The van der Waals surface area contributed by atoms with Gasteiger partial charge < -0.3 is 20.3 Å². The summed E-state index contributed by atoms with van der Waals surface area (Å²) in [6, 6.07) is 9.79. The number of aliphatic hydroxyl groups excluding tert-OH is 1. The highest BCUT2D eigenvalue weighted by atomic mass is 32.1. The Kier molecular flexibility index (Phi) is 6.11. The number of hydrogen-bond acceptors (Lipinski definition) is 5. The van der Waals surface area contributed by atoms with E-state index < -0.39 is 23.9 Å². The van der Waals surface area contributed by atoms with Crippen molar-refractivity contribution in [1.82, 2.24) is 0 Å². The highest BCUT2D eigenvalue weighted by Gasteiger charge is 2.35. The summed E-state index contributed by atoms with van der Waals surface area (Å²) in [6.07, 6.45) is -5.93. The second kappa shape index (κ2) is 8.40. The monoisotopic (exact) mass is 425 g/mol. The minimum Gasteiger partial charge on any atom is -0.489 e. The van der Waals surface area contributed by atoms with Crippen molar-refractivity contribution < 1.29 is 32.5 Å². The maximum absolute atomic E-state index is 13.6. The molecule has 0 spiro atoms. The maximum atomic E-state index is 13.6. The molecule has 0 fully saturated rings. The van der Waals surface area contributed by atoms with Gasteiger partial charge in [-0.05, 0) is 43.3 Å². The average molecular weight is 425 g/mol. The fraction of sp³-hybridized carbons (Fsp3) is 0.250. The van der Waals surface area contributed by atoms with E-state index in [-0.39, 0.29) is 34.6 Å². The molecule has 0 saturated carbocycles. The molecular formula is C20H18F3NO4S. The van der Waals surface area contributed by atoms with Crippen molar-refractivity contribution in [2.75, 3.05) is 6.61 Å². The van der Waals surface area contributed by atoms with Crippen molar-refractivity contribution in [3.8, 4) is 5.75 Å². The van der Waals surface area contributed by atoms with E-state index in [1.54, 1.807) is 13.0 Å². The van der Waals surface area contributed by atoms with E-state index in [0.29, 0.717) is 10.4 Å². The Hall–Kier alpha value is -2.62. The molecule has 1 amide bonds. The summed E-state index contributed by atoms with van der Waals surface area (Å²) in [5.41, 5.74) is 4.88. The fourth-order valence-electron chi connectivity index (χ4n) is 2.91. The van der Waals surface area contributed by atoms with Gasteiger partial charge in [0, 0.05) is 27.8 Å². The van der Waals surface area contributed by atoms with E-state index >= 15 is 0 Å².